The molecular weight excluding hydrogens is 220 g/mol. The number of carbonyl (C=O) groups excluding carboxylic acids is 1. The largest absolute Gasteiger partial charge is 0.444 e. The Kier molecular flexibility index (Phi) is 3.08. The molecule has 1 spiro atoms. The molecule has 0 aliphatic carbocycles. The molecular formula is C12H22N2O3. The number of nitrogens with one attached hydrogen (secondary N) is 1. The summed E-state index contributed by atoms with van der Waals surface area (Å²) in [6, 6.07) is 0.191. The van der Waals surface area contributed by atoms with Gasteiger partial charge in [0, 0.05) is 31.1 Å². The Balaban J connectivity index is 1.81. The third-order valence-corrected chi connectivity index (χ3v) is 3.37. The summed E-state index contributed by atoms with van der Waals surface area (Å²) >= 11 is 0. The fourth-order valence-electron chi connectivity index (χ4n) is 2.62. The van der Waals surface area contributed by atoms with Crippen molar-refractivity contribution < 1.29 is 14.6 Å². The molecule has 2 aliphatic rings. The minimum atomic E-state index is -0.429. The van der Waals surface area contributed by atoms with Gasteiger partial charge in [0.1, 0.15) is 5.60 Å². The van der Waals surface area contributed by atoms with Gasteiger partial charge >= 0.3 is 6.09 Å². The molecule has 0 saturated carbocycles. The van der Waals surface area contributed by atoms with E-state index in [1.54, 1.807) is 4.90 Å². The number of nitrogens with zero attached hydrogens (tertiary/aromatic N) is 1. The van der Waals surface area contributed by atoms with Crippen molar-refractivity contribution in [1.29, 1.82) is 0 Å². The predicted octanol–water partition coefficient (Wildman–Crippen LogP) is 0.578. The van der Waals surface area contributed by atoms with Crippen LogP contribution in [0.4, 0.5) is 4.79 Å². The standard InChI is InChI=1S/C12H22N2O3/c1-11(2,3)17-10(16)14-7-12(8-14)4-9(5-15)13-6-12/h9,13,15H,4-8H2,1-3H3. The number of hydrogen-bond donors (Lipinski definition) is 2. The van der Waals surface area contributed by atoms with Gasteiger partial charge in [0.25, 0.3) is 0 Å². The van der Waals surface area contributed by atoms with E-state index >= 15 is 0 Å². The smallest absolute Gasteiger partial charge is 0.410 e. The Labute approximate surface area is 102 Å². The molecule has 1 amide bonds. The molecule has 0 aromatic heterocycles. The second-order valence-corrected chi connectivity index (χ2v) is 6.30. The van der Waals surface area contributed by atoms with Crippen molar-refractivity contribution >= 4 is 6.09 Å². The number of aliphatic hydroxyl groups is 1. The summed E-state index contributed by atoms with van der Waals surface area (Å²) in [4.78, 5) is 13.5. The van der Waals surface area contributed by atoms with E-state index in [-0.39, 0.29) is 24.2 Å². The lowest BCUT2D eigenvalue weighted by atomic mass is 9.78. The van der Waals surface area contributed by atoms with Crippen molar-refractivity contribution in [2.24, 2.45) is 5.41 Å². The second-order valence-electron chi connectivity index (χ2n) is 6.30. The molecule has 0 aromatic rings. The van der Waals surface area contributed by atoms with Crippen molar-refractivity contribution in [3.05, 3.63) is 0 Å². The van der Waals surface area contributed by atoms with Crippen LogP contribution in [0.25, 0.3) is 0 Å². The van der Waals surface area contributed by atoms with Crippen LogP contribution in [0.1, 0.15) is 27.2 Å². The highest BCUT2D eigenvalue weighted by Gasteiger charge is 2.50. The molecule has 1 unspecified atom stereocenters. The Hall–Kier alpha value is -0.810. The lowest BCUT2D eigenvalue weighted by Gasteiger charge is -2.47. The minimum absolute atomic E-state index is 0.171. The lowest BCUT2D eigenvalue weighted by Crippen LogP contribution is -2.60. The fourth-order valence-corrected chi connectivity index (χ4v) is 2.62. The monoisotopic (exact) mass is 242 g/mol. The zero-order valence-electron chi connectivity index (χ0n) is 10.8. The van der Waals surface area contributed by atoms with Crippen LogP contribution in [0.15, 0.2) is 0 Å². The molecule has 1 atom stereocenters. The minimum Gasteiger partial charge on any atom is -0.444 e. The van der Waals surface area contributed by atoms with Crippen LogP contribution in [0.5, 0.6) is 0 Å². The van der Waals surface area contributed by atoms with Crippen LogP contribution in [0, 0.1) is 5.41 Å². The first-order chi connectivity index (χ1) is 7.84. The third-order valence-electron chi connectivity index (χ3n) is 3.37. The Morgan fingerprint density at radius 1 is 1.53 bits per heavy atom. The molecule has 17 heavy (non-hydrogen) atoms. The number of likely N-dealkylation sites (tertiary alicyclic amines) is 1. The summed E-state index contributed by atoms with van der Waals surface area (Å²) in [5.74, 6) is 0. The average Bonchev–Trinajstić information content (AvgIpc) is 2.56. The average molecular weight is 242 g/mol. The van der Waals surface area contributed by atoms with Crippen molar-refractivity contribution in [3.8, 4) is 0 Å². The number of rotatable bonds is 1. The maximum Gasteiger partial charge on any atom is 0.410 e. The van der Waals surface area contributed by atoms with Crippen LogP contribution < -0.4 is 5.32 Å². The van der Waals surface area contributed by atoms with E-state index in [2.05, 4.69) is 5.32 Å². The third kappa shape index (κ3) is 2.72. The Morgan fingerprint density at radius 3 is 2.65 bits per heavy atom. The van der Waals surface area contributed by atoms with Gasteiger partial charge in [-0.25, -0.2) is 4.79 Å². The summed E-state index contributed by atoms with van der Waals surface area (Å²) in [6.07, 6.45) is 0.721. The van der Waals surface area contributed by atoms with Gasteiger partial charge in [0.05, 0.1) is 6.61 Å². The maximum absolute atomic E-state index is 11.8. The molecule has 98 valence electrons. The highest BCUT2D eigenvalue weighted by Crippen LogP contribution is 2.38. The summed E-state index contributed by atoms with van der Waals surface area (Å²) in [5, 5.41) is 12.4. The van der Waals surface area contributed by atoms with Crippen molar-refractivity contribution in [2.45, 2.75) is 38.8 Å². The highest BCUT2D eigenvalue weighted by atomic mass is 16.6. The molecule has 0 bridgehead atoms. The molecule has 2 aliphatic heterocycles. The molecule has 0 radical (unpaired) electrons. The summed E-state index contributed by atoms with van der Waals surface area (Å²) < 4.78 is 5.31. The van der Waals surface area contributed by atoms with Crippen molar-refractivity contribution in [3.63, 3.8) is 0 Å². The number of carbonyl (C=O) groups is 1. The summed E-state index contributed by atoms with van der Waals surface area (Å²) in [5.41, 5.74) is -0.258. The van der Waals surface area contributed by atoms with Gasteiger partial charge in [-0.3, -0.25) is 0 Å². The first kappa shape index (κ1) is 12.6. The predicted molar refractivity (Wildman–Crippen MR) is 63.7 cm³/mol. The van der Waals surface area contributed by atoms with E-state index in [0.717, 1.165) is 26.1 Å². The van der Waals surface area contributed by atoms with E-state index in [9.17, 15) is 4.79 Å². The molecule has 2 saturated heterocycles. The van der Waals surface area contributed by atoms with Crippen LogP contribution in [-0.4, -0.2) is 54.0 Å². The SMILES string of the molecule is CC(C)(C)OC(=O)N1CC2(CNC(CO)C2)C1. The highest BCUT2D eigenvalue weighted by molar-refractivity contribution is 5.69. The van der Waals surface area contributed by atoms with Crippen LogP contribution >= 0.6 is 0 Å². The van der Waals surface area contributed by atoms with Gasteiger partial charge in [0.15, 0.2) is 0 Å². The molecule has 5 heteroatoms. The molecule has 2 rings (SSSR count). The van der Waals surface area contributed by atoms with E-state index in [1.165, 1.54) is 0 Å². The summed E-state index contributed by atoms with van der Waals surface area (Å²) in [6.45, 7) is 8.17. The van der Waals surface area contributed by atoms with Crippen LogP contribution in [-0.2, 0) is 4.74 Å². The second kappa shape index (κ2) is 4.14. The van der Waals surface area contributed by atoms with Gasteiger partial charge in [0.2, 0.25) is 0 Å². The van der Waals surface area contributed by atoms with Gasteiger partial charge < -0.3 is 20.1 Å². The number of aliphatic hydroxyl groups excluding tert-OH is 1. The van der Waals surface area contributed by atoms with E-state index in [1.807, 2.05) is 20.8 Å². The Bertz CT molecular complexity index is 305. The topological polar surface area (TPSA) is 61.8 Å². The van der Waals surface area contributed by atoms with Crippen LogP contribution in [0.3, 0.4) is 0 Å². The first-order valence-corrected chi connectivity index (χ1v) is 6.16. The summed E-state index contributed by atoms with van der Waals surface area (Å²) in [7, 11) is 0. The van der Waals surface area contributed by atoms with Crippen molar-refractivity contribution in [2.75, 3.05) is 26.2 Å². The van der Waals surface area contributed by atoms with Gasteiger partial charge in [-0.1, -0.05) is 0 Å². The zero-order chi connectivity index (χ0) is 12.7. The van der Waals surface area contributed by atoms with Gasteiger partial charge in [-0.2, -0.15) is 0 Å². The van der Waals surface area contributed by atoms with Crippen LogP contribution in [0.2, 0.25) is 0 Å². The molecule has 0 aromatic carbocycles. The van der Waals surface area contributed by atoms with E-state index in [0.29, 0.717) is 0 Å². The molecule has 2 N–H and O–H groups in total. The fraction of sp³-hybridized carbons (Fsp3) is 0.917. The number of amides is 1. The maximum atomic E-state index is 11.8. The first-order valence-electron chi connectivity index (χ1n) is 6.16. The number of hydrogen-bond acceptors (Lipinski definition) is 4. The van der Waals surface area contributed by atoms with E-state index in [4.69, 9.17) is 9.84 Å². The van der Waals surface area contributed by atoms with Gasteiger partial charge in [-0.15, -0.1) is 0 Å². The Morgan fingerprint density at radius 2 is 2.18 bits per heavy atom. The van der Waals surface area contributed by atoms with E-state index < -0.39 is 5.60 Å². The molecule has 2 heterocycles. The lowest BCUT2D eigenvalue weighted by molar-refractivity contribution is -0.0283. The zero-order valence-corrected chi connectivity index (χ0v) is 10.8. The number of ether oxygens (including phenoxy) is 1. The normalized spacial score (nSPS) is 27.1. The van der Waals surface area contributed by atoms with Crippen molar-refractivity contribution in [1.82, 2.24) is 10.2 Å². The quantitative estimate of drug-likeness (QED) is 0.706. The molecule has 2 fully saturated rings. The molecule has 5 nitrogen and oxygen atoms in total. The van der Waals surface area contributed by atoms with Gasteiger partial charge in [-0.05, 0) is 27.2 Å².